The van der Waals surface area contributed by atoms with Gasteiger partial charge in [-0.1, -0.05) is 162 Å². The third kappa shape index (κ3) is 12.1. The summed E-state index contributed by atoms with van der Waals surface area (Å²) in [4.78, 5) is 40.5. The summed E-state index contributed by atoms with van der Waals surface area (Å²) in [6.07, 6.45) is 0. The quantitative estimate of drug-likeness (QED) is 0.0866. The summed E-state index contributed by atoms with van der Waals surface area (Å²) in [5.41, 5.74) is 2.33. The molecular formula is C63H48Cl3N9O9. The van der Waals surface area contributed by atoms with Crippen LogP contribution < -0.4 is 14.2 Å². The normalized spacial score (nSPS) is 13.2. The minimum atomic E-state index is -1.60. The number of carboxylic acids is 3. The second-order valence-corrected chi connectivity index (χ2v) is 20.5. The number of rotatable bonds is 15. The van der Waals surface area contributed by atoms with Crippen LogP contribution in [0.5, 0.6) is 17.2 Å². The van der Waals surface area contributed by atoms with Gasteiger partial charge in [0, 0.05) is 31.8 Å². The third-order valence-electron chi connectivity index (χ3n) is 13.4. The molecule has 18 nitrogen and oxygen atoms in total. The van der Waals surface area contributed by atoms with Gasteiger partial charge in [0.05, 0.1) is 0 Å². The standard InChI is InChI=1S/3C21H16ClN3O3/c3*1-21(20(26)27,14-7-3-2-4-8-14)28-19-12-11-15(22)13-18(19)25-23-16-9-5-6-10-17(16)24-25/h3*2-13H,1H3,(H,26,27). The maximum Gasteiger partial charge on any atom is 0.352 e. The lowest BCUT2D eigenvalue weighted by Gasteiger charge is -2.27. The Morgan fingerprint density at radius 3 is 0.738 bits per heavy atom. The Morgan fingerprint density at radius 2 is 0.536 bits per heavy atom. The van der Waals surface area contributed by atoms with Gasteiger partial charge in [-0.25, -0.2) is 14.4 Å². The molecular weight excluding hydrogens is 1130 g/mol. The number of carbonyl (C=O) groups is 3. The number of fused-ring (bicyclic) bond motifs is 3. The fourth-order valence-corrected chi connectivity index (χ4v) is 9.21. The number of hydrogen-bond donors (Lipinski definition) is 3. The van der Waals surface area contributed by atoms with E-state index in [1.165, 1.54) is 35.2 Å². The second-order valence-electron chi connectivity index (χ2n) is 19.2. The van der Waals surface area contributed by atoms with Gasteiger partial charge >= 0.3 is 17.9 Å². The second kappa shape index (κ2) is 24.1. The van der Waals surface area contributed by atoms with Crippen molar-refractivity contribution < 1.29 is 43.9 Å². The Balaban J connectivity index is 0.000000140. The van der Waals surface area contributed by atoms with Crippen LogP contribution in [-0.4, -0.2) is 78.2 Å². The number of ether oxygens (including phenoxy) is 3. The van der Waals surface area contributed by atoms with E-state index in [4.69, 9.17) is 49.0 Å². The van der Waals surface area contributed by atoms with Crippen molar-refractivity contribution >= 4 is 85.8 Å². The van der Waals surface area contributed by atoms with Crippen molar-refractivity contribution in [2.45, 2.75) is 37.6 Å². The molecule has 0 saturated carbocycles. The van der Waals surface area contributed by atoms with Crippen molar-refractivity contribution in [1.29, 1.82) is 0 Å². The molecule has 0 spiro atoms. The molecule has 420 valence electrons. The van der Waals surface area contributed by atoms with Gasteiger partial charge in [0.15, 0.2) is 0 Å². The van der Waals surface area contributed by atoms with Gasteiger partial charge in [0.1, 0.15) is 67.4 Å². The first-order valence-electron chi connectivity index (χ1n) is 25.7. The summed E-state index contributed by atoms with van der Waals surface area (Å²) in [5.74, 6) is -2.43. The Morgan fingerprint density at radius 1 is 0.333 bits per heavy atom. The fourth-order valence-electron chi connectivity index (χ4n) is 8.71. The lowest BCUT2D eigenvalue weighted by atomic mass is 9.96. The maximum absolute atomic E-state index is 12.1. The van der Waals surface area contributed by atoms with Gasteiger partial charge in [-0.2, -0.15) is 0 Å². The summed E-state index contributed by atoms with van der Waals surface area (Å²) in [5, 5.41) is 57.8. The number of benzene rings is 9. The van der Waals surface area contributed by atoms with Crippen LogP contribution in [-0.2, 0) is 31.2 Å². The predicted molar refractivity (Wildman–Crippen MR) is 318 cm³/mol. The van der Waals surface area contributed by atoms with Crippen LogP contribution >= 0.6 is 34.8 Å². The van der Waals surface area contributed by atoms with Gasteiger partial charge in [-0.05, 0) is 112 Å². The summed E-state index contributed by atoms with van der Waals surface area (Å²) >= 11 is 18.5. The Labute approximate surface area is 494 Å². The first-order valence-corrected chi connectivity index (χ1v) is 26.8. The zero-order chi connectivity index (χ0) is 59.2. The molecule has 84 heavy (non-hydrogen) atoms. The lowest BCUT2D eigenvalue weighted by Crippen LogP contribution is -2.38. The highest BCUT2D eigenvalue weighted by atomic mass is 35.5. The minimum absolute atomic E-state index is 0.304. The van der Waals surface area contributed by atoms with Crippen LogP contribution in [0.1, 0.15) is 37.5 Å². The topological polar surface area (TPSA) is 232 Å². The van der Waals surface area contributed by atoms with Crippen LogP contribution in [0, 0.1) is 0 Å². The number of aliphatic carboxylic acids is 3. The van der Waals surface area contributed by atoms with E-state index in [1.54, 1.807) is 127 Å². The zero-order valence-electron chi connectivity index (χ0n) is 44.7. The average Bonchev–Trinajstić information content (AvgIpc) is 3.91. The van der Waals surface area contributed by atoms with Crippen LogP contribution in [0.3, 0.4) is 0 Å². The average molecular weight is 1180 g/mol. The molecule has 21 heteroatoms. The van der Waals surface area contributed by atoms with E-state index >= 15 is 0 Å². The van der Waals surface area contributed by atoms with Gasteiger partial charge in [-0.15, -0.1) is 45.0 Å². The monoisotopic (exact) mass is 1180 g/mol. The van der Waals surface area contributed by atoms with E-state index in [0.717, 1.165) is 0 Å². The summed E-state index contributed by atoms with van der Waals surface area (Å²) in [6.45, 7) is 4.53. The van der Waals surface area contributed by atoms with Crippen molar-refractivity contribution in [1.82, 2.24) is 45.0 Å². The van der Waals surface area contributed by atoms with Crippen LogP contribution in [0.2, 0.25) is 15.1 Å². The molecule has 0 fully saturated rings. The molecule has 12 aromatic rings. The van der Waals surface area contributed by atoms with Crippen LogP contribution in [0.25, 0.3) is 50.2 Å². The molecule has 12 rings (SSSR count). The molecule has 3 N–H and O–H groups in total. The number of halogens is 3. The summed E-state index contributed by atoms with van der Waals surface area (Å²) < 4.78 is 18.1. The van der Waals surface area contributed by atoms with E-state index in [9.17, 15) is 29.7 Å². The van der Waals surface area contributed by atoms with Gasteiger partial charge in [0.2, 0.25) is 16.8 Å². The lowest BCUT2D eigenvalue weighted by molar-refractivity contribution is -0.155. The molecule has 3 heterocycles. The van der Waals surface area contributed by atoms with Crippen LogP contribution in [0.4, 0.5) is 0 Å². The molecule has 3 unspecified atom stereocenters. The molecule has 3 atom stereocenters. The molecule has 3 aromatic heterocycles. The largest absolute Gasteiger partial charge is 0.478 e. The highest BCUT2D eigenvalue weighted by Gasteiger charge is 2.41. The van der Waals surface area contributed by atoms with Crippen molar-refractivity contribution in [2.75, 3.05) is 0 Å². The van der Waals surface area contributed by atoms with Crippen molar-refractivity contribution in [3.8, 4) is 34.3 Å². The molecule has 0 saturated heterocycles. The molecule has 0 aliphatic rings. The Hall–Kier alpha value is -10.1. The predicted octanol–water partition coefficient (Wildman–Crippen LogP) is 13.4. The third-order valence-corrected chi connectivity index (χ3v) is 14.1. The van der Waals surface area contributed by atoms with Gasteiger partial charge < -0.3 is 29.5 Å². The summed E-state index contributed by atoms with van der Waals surface area (Å²) in [7, 11) is 0. The smallest absolute Gasteiger partial charge is 0.352 e. The minimum Gasteiger partial charge on any atom is -0.478 e. The van der Waals surface area contributed by atoms with E-state index in [2.05, 4.69) is 30.6 Å². The van der Waals surface area contributed by atoms with Crippen LogP contribution in [0.15, 0.2) is 218 Å². The molecule has 0 radical (unpaired) electrons. The molecule has 0 aliphatic heterocycles. The van der Waals surface area contributed by atoms with Gasteiger partial charge in [0.25, 0.3) is 0 Å². The highest BCUT2D eigenvalue weighted by Crippen LogP contribution is 2.38. The molecule has 9 aromatic carbocycles. The number of nitrogens with zero attached hydrogens (tertiary/aromatic N) is 9. The SMILES string of the molecule is CC(Oc1ccc(Cl)cc1-n1nc2ccccc2n1)(C(=O)O)c1ccccc1.CC(Oc1ccc(Cl)cc1-n1nc2ccccc2n1)(C(=O)O)c1ccccc1.CC(Oc1ccc(Cl)cc1-n1nc2ccccc2n1)(C(=O)O)c1ccccc1. The number of aromatic nitrogens is 9. The zero-order valence-corrected chi connectivity index (χ0v) is 47.0. The van der Waals surface area contributed by atoms with E-state index in [0.29, 0.717) is 99.2 Å². The Bertz CT molecular complexity index is 3820. The molecule has 0 amide bonds. The van der Waals surface area contributed by atoms with Crippen molar-refractivity contribution in [3.63, 3.8) is 0 Å². The first-order chi connectivity index (χ1) is 40.4. The highest BCUT2D eigenvalue weighted by molar-refractivity contribution is 6.31. The summed E-state index contributed by atoms with van der Waals surface area (Å²) in [6, 6.07) is 63.3. The van der Waals surface area contributed by atoms with Gasteiger partial charge in [-0.3, -0.25) is 0 Å². The van der Waals surface area contributed by atoms with Crippen molar-refractivity contribution in [2.24, 2.45) is 0 Å². The Kier molecular flexibility index (Phi) is 16.4. The fraction of sp³-hybridized carbons (Fsp3) is 0.0952. The van der Waals surface area contributed by atoms with E-state index < -0.39 is 34.7 Å². The number of hydrogen-bond acceptors (Lipinski definition) is 12. The van der Waals surface area contributed by atoms with E-state index in [-0.39, 0.29) is 0 Å². The first kappa shape index (κ1) is 57.1. The molecule has 0 aliphatic carbocycles. The van der Waals surface area contributed by atoms with Crippen molar-refractivity contribution in [3.05, 3.63) is 250 Å². The number of carboxylic acid groups (broad SMARTS) is 3. The molecule has 0 bridgehead atoms. The maximum atomic E-state index is 12.1. The van der Waals surface area contributed by atoms with E-state index in [1.807, 2.05) is 91.0 Å².